The molecule has 2 heteroatoms. The van der Waals surface area contributed by atoms with Crippen LogP contribution in [0.15, 0.2) is 162 Å². The zero-order valence-corrected chi connectivity index (χ0v) is 24.9. The molecule has 0 saturated heterocycles. The number of benzene rings is 7. The zero-order valence-electron chi connectivity index (χ0n) is 23.3. The first kappa shape index (κ1) is 24.7. The summed E-state index contributed by atoms with van der Waals surface area (Å²) in [4.78, 5) is 2.46. The largest absolute Gasteiger partial charge is 0.310 e. The Morgan fingerprint density at radius 3 is 1.67 bits per heavy atom. The zero-order chi connectivity index (χ0) is 28.5. The van der Waals surface area contributed by atoms with Crippen molar-refractivity contribution in [3.8, 4) is 22.3 Å². The molecule has 0 N–H and O–H groups in total. The Bertz CT molecular complexity index is 2160. The van der Waals surface area contributed by atoms with Gasteiger partial charge in [0, 0.05) is 27.0 Å². The molecule has 0 bridgehead atoms. The van der Waals surface area contributed by atoms with Gasteiger partial charge in [0.25, 0.3) is 0 Å². The van der Waals surface area contributed by atoms with E-state index in [2.05, 4.69) is 179 Å². The fourth-order valence-electron chi connectivity index (χ4n) is 7.76. The first-order valence-electron chi connectivity index (χ1n) is 14.7. The van der Waals surface area contributed by atoms with Crippen molar-refractivity contribution >= 4 is 43.8 Å². The highest BCUT2D eigenvalue weighted by Crippen LogP contribution is 2.67. The highest BCUT2D eigenvalue weighted by molar-refractivity contribution is 9.10. The molecule has 7 aromatic rings. The van der Waals surface area contributed by atoms with Crippen molar-refractivity contribution in [2.75, 3.05) is 4.90 Å². The van der Waals surface area contributed by atoms with Crippen LogP contribution >= 0.6 is 15.9 Å². The van der Waals surface area contributed by atoms with E-state index < -0.39 is 5.41 Å². The summed E-state index contributed by atoms with van der Waals surface area (Å²) in [5, 5.41) is 2.52. The van der Waals surface area contributed by atoms with Crippen molar-refractivity contribution in [3.05, 3.63) is 184 Å². The number of fused-ring (bicyclic) bond motifs is 12. The number of hydrogen-bond donors (Lipinski definition) is 0. The first-order valence-corrected chi connectivity index (χ1v) is 15.5. The lowest BCUT2D eigenvalue weighted by Crippen LogP contribution is -2.28. The third-order valence-electron chi connectivity index (χ3n) is 9.29. The van der Waals surface area contributed by atoms with Gasteiger partial charge in [-0.05, 0) is 80.6 Å². The van der Waals surface area contributed by atoms with Crippen LogP contribution in [0.2, 0.25) is 0 Å². The van der Waals surface area contributed by atoms with Gasteiger partial charge in [-0.15, -0.1) is 0 Å². The van der Waals surface area contributed by atoms with Crippen LogP contribution in [0, 0.1) is 0 Å². The van der Waals surface area contributed by atoms with E-state index in [1.54, 1.807) is 0 Å². The van der Waals surface area contributed by atoms with Crippen molar-refractivity contribution in [2.45, 2.75) is 5.41 Å². The molecule has 0 heterocycles. The molecule has 0 amide bonds. The second kappa shape index (κ2) is 9.29. The van der Waals surface area contributed by atoms with Crippen LogP contribution in [-0.4, -0.2) is 0 Å². The Balaban J connectivity index is 1.53. The van der Waals surface area contributed by atoms with Gasteiger partial charge in [-0.25, -0.2) is 0 Å². The Labute approximate surface area is 259 Å². The predicted molar refractivity (Wildman–Crippen MR) is 183 cm³/mol. The molecule has 1 atom stereocenters. The van der Waals surface area contributed by atoms with Gasteiger partial charge in [0.2, 0.25) is 0 Å². The average molecular weight is 613 g/mol. The molecule has 2 aliphatic rings. The van der Waals surface area contributed by atoms with Gasteiger partial charge in [0.1, 0.15) is 0 Å². The van der Waals surface area contributed by atoms with Crippen LogP contribution in [0.3, 0.4) is 0 Å². The summed E-state index contributed by atoms with van der Waals surface area (Å²) >= 11 is 3.98. The third kappa shape index (κ3) is 3.27. The molecule has 7 aromatic carbocycles. The van der Waals surface area contributed by atoms with E-state index in [-0.39, 0.29) is 0 Å². The fourth-order valence-corrected chi connectivity index (χ4v) is 8.34. The summed E-state index contributed by atoms with van der Waals surface area (Å²) in [5.74, 6) is 0. The molecule has 2 aliphatic carbocycles. The summed E-state index contributed by atoms with van der Waals surface area (Å²) in [6.07, 6.45) is 0. The van der Waals surface area contributed by atoms with E-state index in [9.17, 15) is 0 Å². The monoisotopic (exact) mass is 611 g/mol. The van der Waals surface area contributed by atoms with Crippen LogP contribution < -0.4 is 4.90 Å². The molecule has 0 aliphatic heterocycles. The Morgan fingerprint density at radius 2 is 1.00 bits per heavy atom. The van der Waals surface area contributed by atoms with E-state index in [1.165, 1.54) is 61.0 Å². The highest BCUT2D eigenvalue weighted by atomic mass is 79.9. The number of nitrogens with zero attached hydrogens (tertiary/aromatic N) is 1. The first-order chi connectivity index (χ1) is 21.3. The van der Waals surface area contributed by atoms with Gasteiger partial charge < -0.3 is 4.90 Å². The number of rotatable bonds is 3. The minimum absolute atomic E-state index is 0.483. The summed E-state index contributed by atoms with van der Waals surface area (Å²) < 4.78 is 1.13. The number of halogens is 1. The van der Waals surface area contributed by atoms with Gasteiger partial charge in [-0.1, -0.05) is 137 Å². The van der Waals surface area contributed by atoms with E-state index in [4.69, 9.17) is 0 Å². The van der Waals surface area contributed by atoms with Crippen molar-refractivity contribution in [1.82, 2.24) is 0 Å². The van der Waals surface area contributed by atoms with Gasteiger partial charge >= 0.3 is 0 Å². The van der Waals surface area contributed by atoms with Crippen LogP contribution in [0.5, 0.6) is 0 Å². The molecular formula is C41H26BrN. The molecule has 9 rings (SSSR count). The SMILES string of the molecule is Brc1cccc2c1-c1ccccc1C21c2ccccc2-c2c1c(N(c1ccccc1)c1ccccc1)cc1ccccc21. The maximum absolute atomic E-state index is 3.98. The van der Waals surface area contributed by atoms with E-state index >= 15 is 0 Å². The highest BCUT2D eigenvalue weighted by Gasteiger charge is 2.54. The molecule has 43 heavy (non-hydrogen) atoms. The molecule has 1 unspecified atom stereocenters. The predicted octanol–water partition coefficient (Wildman–Crippen LogP) is 11.4. The van der Waals surface area contributed by atoms with Crippen LogP contribution in [-0.2, 0) is 5.41 Å². The van der Waals surface area contributed by atoms with Gasteiger partial charge in [0.15, 0.2) is 0 Å². The van der Waals surface area contributed by atoms with Crippen molar-refractivity contribution in [2.24, 2.45) is 0 Å². The lowest BCUT2D eigenvalue weighted by atomic mass is 9.69. The Morgan fingerprint density at radius 1 is 0.465 bits per heavy atom. The number of para-hydroxylation sites is 2. The van der Waals surface area contributed by atoms with Gasteiger partial charge in [-0.2, -0.15) is 0 Å². The van der Waals surface area contributed by atoms with Gasteiger partial charge in [-0.3, -0.25) is 0 Å². The van der Waals surface area contributed by atoms with Crippen LogP contribution in [0.1, 0.15) is 22.3 Å². The van der Waals surface area contributed by atoms with E-state index in [0.717, 1.165) is 15.8 Å². The minimum atomic E-state index is -0.483. The fraction of sp³-hybridized carbons (Fsp3) is 0.0244. The van der Waals surface area contributed by atoms with Gasteiger partial charge in [0.05, 0.1) is 11.1 Å². The second-order valence-corrected chi connectivity index (χ2v) is 12.2. The van der Waals surface area contributed by atoms with E-state index in [0.29, 0.717) is 0 Å². The molecular weight excluding hydrogens is 586 g/mol. The standard InChI is InChI=1S/C41H26BrN/c42-36-25-13-24-35-39(36)32-21-10-12-23-34(32)41(35)33-22-11-9-20-31(33)38-30-19-8-7-14-27(30)26-37(40(38)41)43(28-15-3-1-4-16-28)29-17-5-2-6-18-29/h1-26H. The van der Waals surface area contributed by atoms with Crippen LogP contribution in [0.25, 0.3) is 33.0 Å². The third-order valence-corrected chi connectivity index (χ3v) is 9.95. The normalized spacial score (nSPS) is 15.7. The summed E-state index contributed by atoms with van der Waals surface area (Å²) in [6.45, 7) is 0. The van der Waals surface area contributed by atoms with Crippen molar-refractivity contribution in [3.63, 3.8) is 0 Å². The van der Waals surface area contributed by atoms with Crippen LogP contribution in [0.4, 0.5) is 17.1 Å². The Hall–Kier alpha value is -4.92. The topological polar surface area (TPSA) is 3.24 Å². The van der Waals surface area contributed by atoms with E-state index in [1.807, 2.05) is 0 Å². The summed E-state index contributed by atoms with van der Waals surface area (Å²) in [7, 11) is 0. The molecule has 202 valence electrons. The quantitative estimate of drug-likeness (QED) is 0.192. The number of hydrogen-bond acceptors (Lipinski definition) is 1. The summed E-state index contributed by atoms with van der Waals surface area (Å²) in [5.41, 5.74) is 13.5. The molecule has 0 saturated carbocycles. The average Bonchev–Trinajstić information content (AvgIpc) is 3.55. The lowest BCUT2D eigenvalue weighted by molar-refractivity contribution is 0.793. The molecule has 0 fully saturated rings. The maximum atomic E-state index is 3.98. The minimum Gasteiger partial charge on any atom is -0.310 e. The molecule has 0 aromatic heterocycles. The molecule has 0 radical (unpaired) electrons. The number of anilines is 3. The summed E-state index contributed by atoms with van der Waals surface area (Å²) in [6, 6.07) is 57.7. The smallest absolute Gasteiger partial charge is 0.0746 e. The lowest BCUT2D eigenvalue weighted by Gasteiger charge is -2.36. The molecule has 1 spiro atoms. The maximum Gasteiger partial charge on any atom is 0.0746 e. The molecule has 1 nitrogen and oxygen atoms in total. The van der Waals surface area contributed by atoms with Crippen molar-refractivity contribution < 1.29 is 0 Å². The second-order valence-electron chi connectivity index (χ2n) is 11.4. The van der Waals surface area contributed by atoms with Crippen molar-refractivity contribution in [1.29, 1.82) is 0 Å². The Kier molecular flexibility index (Phi) is 5.33.